The second kappa shape index (κ2) is 7.75. The highest BCUT2D eigenvalue weighted by Gasteiger charge is 1.94. The van der Waals surface area contributed by atoms with Crippen LogP contribution in [0.3, 0.4) is 0 Å². The van der Waals surface area contributed by atoms with E-state index in [1.807, 2.05) is 6.20 Å². The number of halogens is 1. The highest BCUT2D eigenvalue weighted by Crippen LogP contribution is 2.09. The summed E-state index contributed by atoms with van der Waals surface area (Å²) in [6.07, 6.45) is 8.80. The van der Waals surface area contributed by atoms with Crippen LogP contribution in [0.1, 0.15) is 5.56 Å². The Labute approximate surface area is 103 Å². The third-order valence-corrected chi connectivity index (χ3v) is 3.00. The monoisotopic (exact) mass is 284 g/mol. The fourth-order valence-corrected chi connectivity index (χ4v) is 2.02. The molecule has 80 valence electrons. The van der Waals surface area contributed by atoms with Crippen LogP contribution in [0.5, 0.6) is 0 Å². The van der Waals surface area contributed by atoms with E-state index >= 15 is 0 Å². The maximum atomic E-state index is 5.15. The Morgan fingerprint density at radius 2 is 2.40 bits per heavy atom. The zero-order valence-electron chi connectivity index (χ0n) is 8.37. The molecule has 0 unspecified atom stereocenters. The molecule has 1 rings (SSSR count). The Morgan fingerprint density at radius 3 is 3.13 bits per heavy atom. The van der Waals surface area contributed by atoms with Crippen molar-refractivity contribution in [3.63, 3.8) is 0 Å². The fraction of sp³-hybridized carbons (Fsp3) is 0.364. The van der Waals surface area contributed by atoms with Gasteiger partial charge < -0.3 is 5.32 Å². The minimum atomic E-state index is 0.792. The standard InChI is InChI=1S/C11H13BrN2S/c1-2-4-15-5-3-13-7-10-6-11(12)9-14-8-10/h1,6,8-9,13H,3-5,7H2. The molecule has 4 heteroatoms. The van der Waals surface area contributed by atoms with Crippen LogP contribution in [0.2, 0.25) is 0 Å². The minimum absolute atomic E-state index is 0.792. The lowest BCUT2D eigenvalue weighted by Gasteiger charge is -2.03. The van der Waals surface area contributed by atoms with Gasteiger partial charge in [-0.3, -0.25) is 4.98 Å². The van der Waals surface area contributed by atoms with E-state index in [1.165, 1.54) is 5.56 Å². The molecule has 1 heterocycles. The van der Waals surface area contributed by atoms with Crippen LogP contribution in [0.25, 0.3) is 0 Å². The number of aromatic nitrogens is 1. The first-order valence-electron chi connectivity index (χ1n) is 4.64. The summed E-state index contributed by atoms with van der Waals surface area (Å²) in [6.45, 7) is 1.82. The molecule has 0 spiro atoms. The molecule has 0 atom stereocenters. The third kappa shape index (κ3) is 5.83. The molecule has 15 heavy (non-hydrogen) atoms. The van der Waals surface area contributed by atoms with Gasteiger partial charge in [-0.2, -0.15) is 0 Å². The van der Waals surface area contributed by atoms with Crippen LogP contribution in [0.15, 0.2) is 22.9 Å². The number of hydrogen-bond donors (Lipinski definition) is 1. The molecule has 0 fully saturated rings. The fourth-order valence-electron chi connectivity index (χ4n) is 1.06. The van der Waals surface area contributed by atoms with Gasteiger partial charge in [0, 0.05) is 35.7 Å². The summed E-state index contributed by atoms with van der Waals surface area (Å²) in [6, 6.07) is 2.06. The van der Waals surface area contributed by atoms with E-state index in [2.05, 4.69) is 38.2 Å². The number of thioether (sulfide) groups is 1. The number of pyridine rings is 1. The molecule has 0 radical (unpaired) electrons. The van der Waals surface area contributed by atoms with Crippen molar-refractivity contribution in [2.75, 3.05) is 18.1 Å². The molecule has 1 N–H and O–H groups in total. The van der Waals surface area contributed by atoms with Gasteiger partial charge in [-0.05, 0) is 27.6 Å². The number of nitrogens with zero attached hydrogens (tertiary/aromatic N) is 1. The second-order valence-electron chi connectivity index (χ2n) is 2.94. The lowest BCUT2D eigenvalue weighted by molar-refractivity contribution is 0.729. The molecular weight excluding hydrogens is 272 g/mol. The van der Waals surface area contributed by atoms with Crippen molar-refractivity contribution in [1.29, 1.82) is 0 Å². The Hall–Kier alpha value is -0.500. The van der Waals surface area contributed by atoms with Gasteiger partial charge in [0.25, 0.3) is 0 Å². The molecule has 0 aliphatic carbocycles. The van der Waals surface area contributed by atoms with E-state index in [9.17, 15) is 0 Å². The van der Waals surface area contributed by atoms with Gasteiger partial charge in [-0.15, -0.1) is 18.2 Å². The van der Waals surface area contributed by atoms with Crippen LogP contribution < -0.4 is 5.32 Å². The van der Waals surface area contributed by atoms with Crippen molar-refractivity contribution in [1.82, 2.24) is 10.3 Å². The molecule has 2 nitrogen and oxygen atoms in total. The van der Waals surface area contributed by atoms with Crippen LogP contribution in [0, 0.1) is 12.3 Å². The number of nitrogens with one attached hydrogen (secondary N) is 1. The summed E-state index contributed by atoms with van der Waals surface area (Å²) in [5.41, 5.74) is 1.19. The van der Waals surface area contributed by atoms with Crippen molar-refractivity contribution in [2.45, 2.75) is 6.54 Å². The third-order valence-electron chi connectivity index (χ3n) is 1.70. The van der Waals surface area contributed by atoms with Crippen LogP contribution in [0.4, 0.5) is 0 Å². The highest BCUT2D eigenvalue weighted by molar-refractivity contribution is 9.10. The van der Waals surface area contributed by atoms with E-state index in [4.69, 9.17) is 6.42 Å². The van der Waals surface area contributed by atoms with Gasteiger partial charge in [0.1, 0.15) is 0 Å². The zero-order chi connectivity index (χ0) is 10.9. The van der Waals surface area contributed by atoms with Crippen molar-refractivity contribution in [3.8, 4) is 12.3 Å². The van der Waals surface area contributed by atoms with Crippen molar-refractivity contribution in [3.05, 3.63) is 28.5 Å². The molecule has 0 saturated heterocycles. The molecule has 1 aromatic rings. The Balaban J connectivity index is 2.13. The molecular formula is C11H13BrN2S. The van der Waals surface area contributed by atoms with Gasteiger partial charge in [0.15, 0.2) is 0 Å². The SMILES string of the molecule is C#CCSCCNCc1cncc(Br)c1. The smallest absolute Gasteiger partial charge is 0.0545 e. The van der Waals surface area contributed by atoms with Crippen molar-refractivity contribution >= 4 is 27.7 Å². The molecule has 0 saturated carbocycles. The Morgan fingerprint density at radius 1 is 1.53 bits per heavy atom. The predicted octanol–water partition coefficient (Wildman–Crippen LogP) is 2.30. The predicted molar refractivity (Wildman–Crippen MR) is 69.8 cm³/mol. The normalized spacial score (nSPS) is 9.87. The van der Waals surface area contributed by atoms with E-state index in [0.717, 1.165) is 29.1 Å². The summed E-state index contributed by atoms with van der Waals surface area (Å²) in [4.78, 5) is 4.09. The number of rotatable bonds is 6. The van der Waals surface area contributed by atoms with Gasteiger partial charge in [0.2, 0.25) is 0 Å². The van der Waals surface area contributed by atoms with Crippen molar-refractivity contribution in [2.24, 2.45) is 0 Å². The molecule has 0 aliphatic heterocycles. The molecule has 0 aromatic carbocycles. The lowest BCUT2D eigenvalue weighted by atomic mass is 10.3. The zero-order valence-corrected chi connectivity index (χ0v) is 10.8. The number of hydrogen-bond acceptors (Lipinski definition) is 3. The summed E-state index contributed by atoms with van der Waals surface area (Å²) in [5, 5.41) is 3.34. The van der Waals surface area contributed by atoms with Gasteiger partial charge in [0.05, 0.1) is 5.75 Å². The average Bonchev–Trinajstić information content (AvgIpc) is 2.23. The molecule has 0 amide bonds. The van der Waals surface area contributed by atoms with Crippen LogP contribution >= 0.6 is 27.7 Å². The van der Waals surface area contributed by atoms with E-state index in [0.29, 0.717) is 0 Å². The second-order valence-corrected chi connectivity index (χ2v) is 4.97. The van der Waals surface area contributed by atoms with E-state index in [1.54, 1.807) is 18.0 Å². The first-order chi connectivity index (χ1) is 7.33. The molecule has 0 aliphatic rings. The summed E-state index contributed by atoms with van der Waals surface area (Å²) in [5.74, 6) is 4.44. The first kappa shape index (κ1) is 12.6. The molecule has 1 aromatic heterocycles. The van der Waals surface area contributed by atoms with E-state index < -0.39 is 0 Å². The van der Waals surface area contributed by atoms with Crippen LogP contribution in [-0.4, -0.2) is 23.0 Å². The number of terminal acetylenes is 1. The lowest BCUT2D eigenvalue weighted by Crippen LogP contribution is -2.16. The summed E-state index contributed by atoms with van der Waals surface area (Å²) < 4.78 is 1.02. The summed E-state index contributed by atoms with van der Waals surface area (Å²) in [7, 11) is 0. The van der Waals surface area contributed by atoms with Gasteiger partial charge >= 0.3 is 0 Å². The highest BCUT2D eigenvalue weighted by atomic mass is 79.9. The Bertz CT molecular complexity index is 336. The maximum Gasteiger partial charge on any atom is 0.0545 e. The summed E-state index contributed by atoms with van der Waals surface area (Å²) >= 11 is 5.16. The van der Waals surface area contributed by atoms with Crippen molar-refractivity contribution < 1.29 is 0 Å². The van der Waals surface area contributed by atoms with E-state index in [-0.39, 0.29) is 0 Å². The topological polar surface area (TPSA) is 24.9 Å². The average molecular weight is 285 g/mol. The minimum Gasteiger partial charge on any atom is -0.312 e. The van der Waals surface area contributed by atoms with Gasteiger partial charge in [-0.1, -0.05) is 5.92 Å². The Kier molecular flexibility index (Phi) is 6.49. The van der Waals surface area contributed by atoms with Crippen LogP contribution in [-0.2, 0) is 6.54 Å². The largest absolute Gasteiger partial charge is 0.312 e. The quantitative estimate of drug-likeness (QED) is 0.641. The maximum absolute atomic E-state index is 5.15. The molecule has 0 bridgehead atoms. The van der Waals surface area contributed by atoms with Gasteiger partial charge in [-0.25, -0.2) is 0 Å². The first-order valence-corrected chi connectivity index (χ1v) is 6.59.